The minimum atomic E-state index is -1.29. The van der Waals surface area contributed by atoms with Gasteiger partial charge in [-0.1, -0.05) is 32.1 Å². The predicted molar refractivity (Wildman–Crippen MR) is 124 cm³/mol. The highest BCUT2D eigenvalue weighted by Gasteiger charge is 2.72. The Hall–Kier alpha value is -2.27. The number of likely N-dealkylation sites (tertiary alicyclic amines) is 1. The van der Waals surface area contributed by atoms with Crippen LogP contribution in [0.15, 0.2) is 24.3 Å². The van der Waals surface area contributed by atoms with Gasteiger partial charge in [0, 0.05) is 32.7 Å². The largest absolute Gasteiger partial charge is 0.461 e. The van der Waals surface area contributed by atoms with Gasteiger partial charge in [0.25, 0.3) is 0 Å². The number of carbonyl (C=O) groups is 3. The van der Waals surface area contributed by atoms with Crippen LogP contribution in [0, 0.1) is 17.8 Å². The van der Waals surface area contributed by atoms with Crippen molar-refractivity contribution >= 4 is 17.8 Å². The minimum Gasteiger partial charge on any atom is -0.461 e. The van der Waals surface area contributed by atoms with E-state index in [1.54, 1.807) is 17.1 Å². The average Bonchev–Trinajstić information content (AvgIpc) is 3.14. The van der Waals surface area contributed by atoms with Crippen molar-refractivity contribution in [1.82, 2.24) is 14.7 Å². The van der Waals surface area contributed by atoms with Crippen molar-refractivity contribution in [3.05, 3.63) is 24.3 Å². The number of carbonyl (C=O) groups excluding carboxylic acids is 3. The molecule has 3 fully saturated rings. The molecule has 6 atom stereocenters. The fourth-order valence-corrected chi connectivity index (χ4v) is 6.22. The van der Waals surface area contributed by atoms with E-state index in [0.717, 1.165) is 13.1 Å². The van der Waals surface area contributed by atoms with Crippen LogP contribution in [0.25, 0.3) is 0 Å². The van der Waals surface area contributed by atoms with Crippen molar-refractivity contribution in [3.8, 4) is 0 Å². The van der Waals surface area contributed by atoms with Gasteiger partial charge in [-0.3, -0.25) is 19.3 Å². The molecule has 0 saturated carbocycles. The van der Waals surface area contributed by atoms with Crippen molar-refractivity contribution in [2.45, 2.75) is 37.6 Å². The van der Waals surface area contributed by atoms with Crippen LogP contribution in [-0.2, 0) is 28.6 Å². The molecule has 1 spiro atoms. The van der Waals surface area contributed by atoms with Crippen LogP contribution in [-0.4, -0.2) is 121 Å². The summed E-state index contributed by atoms with van der Waals surface area (Å²) in [6.07, 6.45) is 6.54. The fraction of sp³-hybridized carbons (Fsp3) is 0.720. The summed E-state index contributed by atoms with van der Waals surface area (Å²) >= 11 is 0. The lowest BCUT2D eigenvalue weighted by Crippen LogP contribution is -2.59. The van der Waals surface area contributed by atoms with E-state index in [4.69, 9.17) is 14.2 Å². The zero-order valence-electron chi connectivity index (χ0n) is 20.4. The van der Waals surface area contributed by atoms with Crippen molar-refractivity contribution < 1.29 is 33.7 Å². The molecule has 1 unspecified atom stereocenters. The Bertz CT molecular complexity index is 915. The van der Waals surface area contributed by atoms with Crippen molar-refractivity contribution in [2.75, 3.05) is 59.2 Å². The maximum atomic E-state index is 14.1. The highest BCUT2D eigenvalue weighted by molar-refractivity contribution is 5.99. The van der Waals surface area contributed by atoms with E-state index in [1.807, 2.05) is 26.0 Å². The average molecular weight is 490 g/mol. The van der Waals surface area contributed by atoms with Gasteiger partial charge in [0.15, 0.2) is 0 Å². The molecule has 35 heavy (non-hydrogen) atoms. The summed E-state index contributed by atoms with van der Waals surface area (Å²) < 4.78 is 17.3. The molecular weight excluding hydrogens is 454 g/mol. The van der Waals surface area contributed by atoms with Gasteiger partial charge >= 0.3 is 5.97 Å². The fourth-order valence-electron chi connectivity index (χ4n) is 6.22. The topological polar surface area (TPSA) is 109 Å². The molecule has 0 aromatic heterocycles. The summed E-state index contributed by atoms with van der Waals surface area (Å²) in [6.45, 7) is 8.25. The third-order valence-corrected chi connectivity index (χ3v) is 8.04. The van der Waals surface area contributed by atoms with Gasteiger partial charge in [-0.05, 0) is 12.0 Å². The van der Waals surface area contributed by atoms with Crippen LogP contribution in [0.2, 0.25) is 0 Å². The third-order valence-electron chi connectivity index (χ3n) is 8.04. The third kappa shape index (κ3) is 4.00. The molecule has 0 aliphatic carbocycles. The molecule has 5 heterocycles. The Morgan fingerprint density at radius 3 is 2.60 bits per heavy atom. The minimum absolute atomic E-state index is 0.0987. The van der Waals surface area contributed by atoms with Gasteiger partial charge in [-0.25, -0.2) is 0 Å². The molecule has 1 N–H and O–H groups in total. The summed E-state index contributed by atoms with van der Waals surface area (Å²) in [7, 11) is 0. The van der Waals surface area contributed by atoms with E-state index in [2.05, 4.69) is 4.90 Å². The summed E-state index contributed by atoms with van der Waals surface area (Å²) in [4.78, 5) is 46.6. The number of aliphatic hydroxyl groups is 1. The van der Waals surface area contributed by atoms with Crippen LogP contribution in [0.5, 0.6) is 0 Å². The maximum Gasteiger partial charge on any atom is 0.313 e. The smallest absolute Gasteiger partial charge is 0.313 e. The lowest BCUT2D eigenvalue weighted by atomic mass is 9.78. The number of hydrogen-bond acceptors (Lipinski definition) is 8. The monoisotopic (exact) mass is 489 g/mol. The SMILES string of the molecule is CC(C)[C@H](CO)N1C(=O)[C@@H]2[C@H]3C(=O)OCC=C[C@H]3O[C@@]23C=CCN(CCN2CCOCC2)C(=O)C13. The molecule has 5 aliphatic rings. The Labute approximate surface area is 205 Å². The second kappa shape index (κ2) is 9.65. The number of morpholine rings is 1. The highest BCUT2D eigenvalue weighted by atomic mass is 16.6. The van der Waals surface area contributed by atoms with Gasteiger partial charge in [0.05, 0.1) is 37.9 Å². The molecule has 0 aromatic carbocycles. The first kappa shape index (κ1) is 24.4. The number of rotatable bonds is 6. The van der Waals surface area contributed by atoms with Gasteiger partial charge in [-0.2, -0.15) is 0 Å². The van der Waals surface area contributed by atoms with Crippen molar-refractivity contribution in [1.29, 1.82) is 0 Å². The molecule has 3 saturated heterocycles. The zero-order chi connectivity index (χ0) is 24.7. The molecule has 2 amide bonds. The van der Waals surface area contributed by atoms with Gasteiger partial charge in [0.1, 0.15) is 24.2 Å². The van der Waals surface area contributed by atoms with Crippen LogP contribution in [0.3, 0.4) is 0 Å². The maximum absolute atomic E-state index is 14.1. The van der Waals surface area contributed by atoms with Gasteiger partial charge < -0.3 is 29.1 Å². The normalized spacial score (nSPS) is 36.1. The summed E-state index contributed by atoms with van der Waals surface area (Å²) in [5, 5.41) is 10.3. The van der Waals surface area contributed by atoms with Crippen LogP contribution < -0.4 is 0 Å². The number of esters is 1. The van der Waals surface area contributed by atoms with Gasteiger partial charge in [0.2, 0.25) is 11.8 Å². The highest BCUT2D eigenvalue weighted by Crippen LogP contribution is 2.54. The first-order valence-electron chi connectivity index (χ1n) is 12.6. The number of nitrogens with zero attached hydrogens (tertiary/aromatic N) is 3. The molecule has 0 radical (unpaired) electrons. The molecule has 0 bridgehead atoms. The van der Waals surface area contributed by atoms with Crippen LogP contribution in [0.1, 0.15) is 13.8 Å². The van der Waals surface area contributed by atoms with E-state index in [1.165, 1.54) is 4.90 Å². The number of amides is 2. The Balaban J connectivity index is 1.51. The predicted octanol–water partition coefficient (Wildman–Crippen LogP) is -0.572. The van der Waals surface area contributed by atoms with E-state index >= 15 is 0 Å². The molecule has 5 rings (SSSR count). The summed E-state index contributed by atoms with van der Waals surface area (Å²) in [6, 6.07) is -1.54. The lowest BCUT2D eigenvalue weighted by molar-refractivity contribution is -0.155. The number of fused-ring (bicyclic) bond motifs is 2. The van der Waals surface area contributed by atoms with Gasteiger partial charge in [-0.15, -0.1) is 0 Å². The number of cyclic esters (lactones) is 1. The summed E-state index contributed by atoms with van der Waals surface area (Å²) in [5.41, 5.74) is -1.29. The number of aliphatic hydroxyl groups excluding tert-OH is 1. The Morgan fingerprint density at radius 2 is 1.89 bits per heavy atom. The van der Waals surface area contributed by atoms with Crippen LogP contribution in [0.4, 0.5) is 0 Å². The second-order valence-electron chi connectivity index (χ2n) is 10.3. The number of ether oxygens (including phenoxy) is 3. The molecule has 192 valence electrons. The van der Waals surface area contributed by atoms with E-state index in [-0.39, 0.29) is 30.9 Å². The first-order valence-corrected chi connectivity index (χ1v) is 12.6. The molecule has 10 heteroatoms. The molecule has 5 aliphatic heterocycles. The van der Waals surface area contributed by atoms with Crippen molar-refractivity contribution in [3.63, 3.8) is 0 Å². The molecule has 0 aromatic rings. The number of hydrogen-bond donors (Lipinski definition) is 1. The Kier molecular flexibility index (Phi) is 6.73. The standard InChI is InChI=1S/C25H35N3O7/c1-16(2)17(15-29)28-21-23(31)27(9-8-26-10-13-33-14-11-26)7-4-6-25(21)20(22(28)30)19-18(35-25)5-3-12-34-24(19)32/h3-6,16-21,29H,7-15H2,1-2H3/t17-,18+,19-,20-,21?,25-/m0/s1. The van der Waals surface area contributed by atoms with Crippen molar-refractivity contribution in [2.24, 2.45) is 17.8 Å². The lowest BCUT2D eigenvalue weighted by Gasteiger charge is -2.40. The quantitative estimate of drug-likeness (QED) is 0.390. The van der Waals surface area contributed by atoms with E-state index in [0.29, 0.717) is 32.8 Å². The molecule has 10 nitrogen and oxygen atoms in total. The Morgan fingerprint density at radius 1 is 1.11 bits per heavy atom. The van der Waals surface area contributed by atoms with Crippen LogP contribution >= 0.6 is 0 Å². The van der Waals surface area contributed by atoms with E-state index < -0.39 is 41.6 Å². The zero-order valence-corrected chi connectivity index (χ0v) is 20.4. The first-order chi connectivity index (χ1) is 16.9. The second-order valence-corrected chi connectivity index (χ2v) is 10.3. The summed E-state index contributed by atoms with van der Waals surface area (Å²) in [5.74, 6) is -2.87. The van der Waals surface area contributed by atoms with E-state index in [9.17, 15) is 19.5 Å². The molecular formula is C25H35N3O7.